The summed E-state index contributed by atoms with van der Waals surface area (Å²) in [7, 11) is 0. The van der Waals surface area contributed by atoms with Crippen molar-refractivity contribution < 1.29 is 45.4 Å². The predicted octanol–water partition coefficient (Wildman–Crippen LogP) is 1.08. The third-order valence-electron chi connectivity index (χ3n) is 3.90. The van der Waals surface area contributed by atoms with E-state index in [2.05, 4.69) is 15.6 Å². The maximum Gasteiger partial charge on any atom is 0.405 e. The molecule has 0 aromatic carbocycles. The Morgan fingerprint density at radius 3 is 1.52 bits per heavy atom. The summed E-state index contributed by atoms with van der Waals surface area (Å²) in [6, 6.07) is -5.20. The fourth-order valence-electron chi connectivity index (χ4n) is 2.40. The molecule has 0 amide bonds. The van der Waals surface area contributed by atoms with E-state index >= 15 is 0 Å². The van der Waals surface area contributed by atoms with E-state index in [0.29, 0.717) is 6.42 Å². The number of carbonyl (C=O) groups is 2. The van der Waals surface area contributed by atoms with E-state index in [4.69, 9.17) is 4.74 Å². The van der Waals surface area contributed by atoms with Gasteiger partial charge in [0.25, 0.3) is 0 Å². The molecule has 2 fully saturated rings. The Kier molecular flexibility index (Phi) is 9.58. The van der Waals surface area contributed by atoms with Gasteiger partial charge in [0.05, 0.1) is 13.2 Å². The first-order valence-electron chi connectivity index (χ1n) is 8.88. The van der Waals surface area contributed by atoms with Gasteiger partial charge in [0.1, 0.15) is 24.2 Å². The first kappa shape index (κ1) is 25.4. The average Bonchev–Trinajstić information content (AvgIpc) is 3.29. The minimum atomic E-state index is -4.34. The Bertz CT molecular complexity index is 546. The highest BCUT2D eigenvalue weighted by atomic mass is 19.4. The van der Waals surface area contributed by atoms with Crippen molar-refractivity contribution in [2.75, 3.05) is 13.2 Å². The zero-order valence-electron chi connectivity index (χ0n) is 15.7. The molecule has 170 valence electrons. The van der Waals surface area contributed by atoms with Crippen molar-refractivity contribution in [2.45, 2.75) is 69.6 Å². The molecule has 0 radical (unpaired) electrons. The predicted molar refractivity (Wildman–Crippen MR) is 86.9 cm³/mol. The summed E-state index contributed by atoms with van der Waals surface area (Å²) in [6.45, 7) is 3.80. The topological polar surface area (TPSA) is 101 Å². The van der Waals surface area contributed by atoms with E-state index in [-0.39, 0.29) is 26.1 Å². The standard InChI is InChI=1S/C8H13F3N2O2.C7H11F3N2O2/c1-2-3-15-7(14)5-4-6(13-12-5)8(9,10)11;1-2-14-6(13)4-3-5(12-11-4)7(8,9)10/h5-6,12-13H,2-4H2,1H3;4-5,11-12H,2-3H2,1H3. The molecular formula is C15H24F6N4O4. The zero-order valence-corrected chi connectivity index (χ0v) is 15.7. The van der Waals surface area contributed by atoms with Gasteiger partial charge < -0.3 is 9.47 Å². The highest BCUT2D eigenvalue weighted by Crippen LogP contribution is 2.26. The first-order chi connectivity index (χ1) is 13.4. The smallest absolute Gasteiger partial charge is 0.405 e. The number of ether oxygens (including phenoxy) is 2. The Labute approximate surface area is 163 Å². The van der Waals surface area contributed by atoms with Crippen LogP contribution in [-0.2, 0) is 19.1 Å². The minimum absolute atomic E-state index is 0.160. The third kappa shape index (κ3) is 8.32. The van der Waals surface area contributed by atoms with Crippen molar-refractivity contribution in [3.05, 3.63) is 0 Å². The highest BCUT2D eigenvalue weighted by molar-refractivity contribution is 5.76. The lowest BCUT2D eigenvalue weighted by Gasteiger charge is -2.12. The number of hydrogen-bond donors (Lipinski definition) is 4. The second kappa shape index (κ2) is 10.9. The Hall–Kier alpha value is -1.64. The summed E-state index contributed by atoms with van der Waals surface area (Å²) in [5.74, 6) is -1.30. The molecule has 2 heterocycles. The van der Waals surface area contributed by atoms with Gasteiger partial charge in [-0.15, -0.1) is 0 Å². The number of esters is 2. The van der Waals surface area contributed by atoms with E-state index in [9.17, 15) is 35.9 Å². The number of halogens is 6. The maximum atomic E-state index is 12.2. The van der Waals surface area contributed by atoms with Crippen LogP contribution in [0.1, 0.15) is 33.1 Å². The van der Waals surface area contributed by atoms with Gasteiger partial charge in [-0.3, -0.25) is 9.59 Å². The summed E-state index contributed by atoms with van der Waals surface area (Å²) in [6.07, 6.45) is -8.69. The molecule has 2 aliphatic heterocycles. The monoisotopic (exact) mass is 438 g/mol. The van der Waals surface area contributed by atoms with Gasteiger partial charge in [-0.05, 0) is 13.3 Å². The summed E-state index contributed by atoms with van der Waals surface area (Å²) in [5, 5.41) is 0. The van der Waals surface area contributed by atoms with Crippen molar-refractivity contribution in [1.82, 2.24) is 21.7 Å². The van der Waals surface area contributed by atoms with Crippen LogP contribution in [0, 0.1) is 0 Å². The molecule has 29 heavy (non-hydrogen) atoms. The molecule has 8 nitrogen and oxygen atoms in total. The van der Waals surface area contributed by atoms with Crippen LogP contribution in [-0.4, -0.2) is 61.7 Å². The van der Waals surface area contributed by atoms with Gasteiger partial charge in [0.2, 0.25) is 0 Å². The summed E-state index contributed by atoms with van der Waals surface area (Å²) < 4.78 is 82.3. The lowest BCUT2D eigenvalue weighted by Crippen LogP contribution is -2.42. The van der Waals surface area contributed by atoms with Gasteiger partial charge in [0, 0.05) is 12.8 Å². The Morgan fingerprint density at radius 1 is 0.793 bits per heavy atom. The number of hydrazine groups is 2. The van der Waals surface area contributed by atoms with Crippen LogP contribution in [0.2, 0.25) is 0 Å². The minimum Gasteiger partial charge on any atom is -0.465 e. The Balaban J connectivity index is 0.000000291. The SMILES string of the molecule is CCCOC(=O)C1CC(C(F)(F)F)NN1.CCOC(=O)C1CC(C(F)(F)F)NN1. The fraction of sp³-hybridized carbons (Fsp3) is 0.867. The number of carbonyl (C=O) groups excluding carboxylic acids is 2. The normalized spacial score (nSPS) is 27.2. The van der Waals surface area contributed by atoms with Gasteiger partial charge in [-0.2, -0.15) is 26.3 Å². The van der Waals surface area contributed by atoms with Crippen LogP contribution >= 0.6 is 0 Å². The van der Waals surface area contributed by atoms with Crippen molar-refractivity contribution in [3.63, 3.8) is 0 Å². The number of rotatable bonds is 5. The Morgan fingerprint density at radius 2 is 1.21 bits per heavy atom. The van der Waals surface area contributed by atoms with Crippen LogP contribution < -0.4 is 21.7 Å². The van der Waals surface area contributed by atoms with Crippen LogP contribution in [0.3, 0.4) is 0 Å². The lowest BCUT2D eigenvalue weighted by molar-refractivity contribution is -0.155. The van der Waals surface area contributed by atoms with Crippen LogP contribution in [0.5, 0.6) is 0 Å². The molecule has 14 heteroatoms. The van der Waals surface area contributed by atoms with Gasteiger partial charge in [0.15, 0.2) is 0 Å². The van der Waals surface area contributed by atoms with Crippen molar-refractivity contribution in [2.24, 2.45) is 0 Å². The van der Waals surface area contributed by atoms with E-state index < -0.39 is 48.5 Å². The maximum absolute atomic E-state index is 12.2. The molecule has 4 atom stereocenters. The number of alkyl halides is 6. The quantitative estimate of drug-likeness (QED) is 0.374. The van der Waals surface area contributed by atoms with Gasteiger partial charge in [-0.1, -0.05) is 6.92 Å². The zero-order chi connectivity index (χ0) is 22.2. The third-order valence-corrected chi connectivity index (χ3v) is 3.90. The molecule has 2 rings (SSSR count). The fourth-order valence-corrected chi connectivity index (χ4v) is 2.40. The molecule has 0 spiro atoms. The van der Waals surface area contributed by atoms with Crippen molar-refractivity contribution in [3.8, 4) is 0 Å². The van der Waals surface area contributed by atoms with Crippen molar-refractivity contribution in [1.29, 1.82) is 0 Å². The number of nitrogens with one attached hydrogen (secondary N) is 4. The summed E-state index contributed by atoms with van der Waals surface area (Å²) in [4.78, 5) is 22.2. The molecule has 0 aromatic rings. The van der Waals surface area contributed by atoms with Crippen LogP contribution in [0.25, 0.3) is 0 Å². The molecule has 4 N–H and O–H groups in total. The summed E-state index contributed by atoms with van der Waals surface area (Å²) >= 11 is 0. The lowest BCUT2D eigenvalue weighted by atomic mass is 10.1. The van der Waals surface area contributed by atoms with Crippen LogP contribution in [0.15, 0.2) is 0 Å². The number of hydrogen-bond acceptors (Lipinski definition) is 8. The van der Waals surface area contributed by atoms with E-state index in [1.165, 1.54) is 0 Å². The molecule has 0 saturated carbocycles. The van der Waals surface area contributed by atoms with Gasteiger partial charge >= 0.3 is 24.3 Å². The first-order valence-corrected chi connectivity index (χ1v) is 8.88. The molecule has 4 unspecified atom stereocenters. The molecule has 0 aromatic heterocycles. The van der Waals surface area contributed by atoms with E-state index in [1.807, 2.05) is 17.8 Å². The second-order valence-corrected chi connectivity index (χ2v) is 6.26. The van der Waals surface area contributed by atoms with Gasteiger partial charge in [-0.25, -0.2) is 21.7 Å². The summed E-state index contributed by atoms with van der Waals surface area (Å²) in [5.41, 5.74) is 8.57. The molecule has 0 aliphatic carbocycles. The molecular weight excluding hydrogens is 414 g/mol. The van der Waals surface area contributed by atoms with Crippen molar-refractivity contribution >= 4 is 11.9 Å². The second-order valence-electron chi connectivity index (χ2n) is 6.26. The van der Waals surface area contributed by atoms with E-state index in [1.54, 1.807) is 6.92 Å². The molecule has 2 saturated heterocycles. The highest BCUT2D eigenvalue weighted by Gasteiger charge is 2.47. The average molecular weight is 438 g/mol. The van der Waals surface area contributed by atoms with E-state index in [0.717, 1.165) is 0 Å². The van der Waals surface area contributed by atoms with Crippen LogP contribution in [0.4, 0.5) is 26.3 Å². The molecule has 2 aliphatic rings. The molecule has 0 bridgehead atoms. The largest absolute Gasteiger partial charge is 0.465 e.